The summed E-state index contributed by atoms with van der Waals surface area (Å²) in [6.07, 6.45) is 5.73. The Morgan fingerprint density at radius 1 is 1.38 bits per heavy atom. The van der Waals surface area contributed by atoms with E-state index < -0.39 is 0 Å². The second-order valence-corrected chi connectivity index (χ2v) is 6.26. The van der Waals surface area contributed by atoms with Gasteiger partial charge in [-0.1, -0.05) is 36.2 Å². The number of piperidine rings is 1. The highest BCUT2D eigenvalue weighted by molar-refractivity contribution is 6.31. The van der Waals surface area contributed by atoms with Crippen LogP contribution in [-0.4, -0.2) is 42.8 Å². The fourth-order valence-electron chi connectivity index (χ4n) is 3.34. The number of nitrogens with one attached hydrogen (secondary N) is 1. The lowest BCUT2D eigenvalue weighted by Crippen LogP contribution is -2.41. The molecule has 1 saturated heterocycles. The first kappa shape index (κ1) is 16.8. The van der Waals surface area contributed by atoms with Gasteiger partial charge in [0.2, 0.25) is 0 Å². The van der Waals surface area contributed by atoms with E-state index >= 15 is 0 Å². The van der Waals surface area contributed by atoms with Crippen LogP contribution in [0.3, 0.4) is 0 Å². The Morgan fingerprint density at radius 3 is 2.90 bits per heavy atom. The summed E-state index contributed by atoms with van der Waals surface area (Å²) in [5, 5.41) is 13.4. The van der Waals surface area contributed by atoms with Crippen molar-refractivity contribution in [1.29, 1.82) is 0 Å². The minimum absolute atomic E-state index is 0.287. The number of rotatable bonds is 7. The van der Waals surface area contributed by atoms with Crippen LogP contribution in [0.1, 0.15) is 43.7 Å². The van der Waals surface area contributed by atoms with E-state index in [1.54, 1.807) is 0 Å². The van der Waals surface area contributed by atoms with E-state index in [1.807, 2.05) is 25.2 Å². The van der Waals surface area contributed by atoms with Gasteiger partial charge in [0.15, 0.2) is 0 Å². The number of likely N-dealkylation sites (tertiary alicyclic amines) is 1. The van der Waals surface area contributed by atoms with E-state index in [2.05, 4.69) is 16.3 Å². The predicted octanol–water partition coefficient (Wildman–Crippen LogP) is 3.23. The normalized spacial score (nSPS) is 21.4. The molecule has 0 amide bonds. The van der Waals surface area contributed by atoms with Crippen LogP contribution in [0.4, 0.5) is 0 Å². The Kier molecular flexibility index (Phi) is 6.97. The first-order valence-electron chi connectivity index (χ1n) is 8.03. The first-order chi connectivity index (χ1) is 10.3. The van der Waals surface area contributed by atoms with Gasteiger partial charge in [0.05, 0.1) is 0 Å². The molecule has 0 radical (unpaired) electrons. The summed E-state index contributed by atoms with van der Waals surface area (Å²) in [6, 6.07) is 8.91. The van der Waals surface area contributed by atoms with E-state index in [-0.39, 0.29) is 6.04 Å². The highest BCUT2D eigenvalue weighted by Gasteiger charge is 2.23. The van der Waals surface area contributed by atoms with Crippen LogP contribution in [0.25, 0.3) is 0 Å². The Morgan fingerprint density at radius 2 is 2.19 bits per heavy atom. The van der Waals surface area contributed by atoms with Gasteiger partial charge in [0.1, 0.15) is 0 Å². The van der Waals surface area contributed by atoms with Crippen LogP contribution in [0.2, 0.25) is 5.02 Å². The molecule has 1 fully saturated rings. The van der Waals surface area contributed by atoms with Crippen molar-refractivity contribution < 1.29 is 5.11 Å². The number of hydrogen-bond donors (Lipinski definition) is 2. The smallest absolute Gasteiger partial charge is 0.0453 e. The SMILES string of the molecule is CNC(CCN1CCCCC1CCO)c1ccccc1Cl. The number of nitrogens with zero attached hydrogens (tertiary/aromatic N) is 1. The van der Waals surface area contributed by atoms with E-state index in [9.17, 15) is 5.11 Å². The summed E-state index contributed by atoms with van der Waals surface area (Å²) in [5.41, 5.74) is 1.18. The first-order valence-corrected chi connectivity index (χ1v) is 8.40. The van der Waals surface area contributed by atoms with Crippen LogP contribution < -0.4 is 5.32 Å². The zero-order chi connectivity index (χ0) is 15.1. The van der Waals surface area contributed by atoms with Crippen LogP contribution in [-0.2, 0) is 0 Å². The number of benzene rings is 1. The maximum absolute atomic E-state index is 9.22. The van der Waals surface area contributed by atoms with Crippen molar-refractivity contribution >= 4 is 11.6 Å². The lowest BCUT2D eigenvalue weighted by molar-refractivity contribution is 0.115. The van der Waals surface area contributed by atoms with Crippen molar-refractivity contribution in [2.45, 2.75) is 44.2 Å². The summed E-state index contributed by atoms with van der Waals surface area (Å²) in [6.45, 7) is 2.51. The minimum atomic E-state index is 0.287. The molecular weight excluding hydrogens is 284 g/mol. The molecule has 4 heteroatoms. The molecule has 0 aliphatic carbocycles. The lowest BCUT2D eigenvalue weighted by atomic mass is 9.97. The van der Waals surface area contributed by atoms with E-state index in [1.165, 1.54) is 24.8 Å². The Labute approximate surface area is 133 Å². The third kappa shape index (κ3) is 4.68. The van der Waals surface area contributed by atoms with Gasteiger partial charge in [-0.3, -0.25) is 0 Å². The third-order valence-electron chi connectivity index (χ3n) is 4.55. The molecule has 0 spiro atoms. The molecule has 118 valence electrons. The molecule has 1 aliphatic heterocycles. The number of aliphatic hydroxyl groups excluding tert-OH is 1. The van der Waals surface area contributed by atoms with Crippen LogP contribution in [0.15, 0.2) is 24.3 Å². The zero-order valence-electron chi connectivity index (χ0n) is 12.9. The summed E-state index contributed by atoms with van der Waals surface area (Å²) in [5.74, 6) is 0. The molecule has 1 aromatic carbocycles. The molecule has 0 aromatic heterocycles. The van der Waals surface area contributed by atoms with Gasteiger partial charge in [-0.05, 0) is 50.9 Å². The van der Waals surface area contributed by atoms with Crippen molar-refractivity contribution in [3.05, 3.63) is 34.9 Å². The van der Waals surface area contributed by atoms with Gasteiger partial charge >= 0.3 is 0 Å². The largest absolute Gasteiger partial charge is 0.396 e. The third-order valence-corrected chi connectivity index (χ3v) is 4.89. The van der Waals surface area contributed by atoms with Gasteiger partial charge in [0, 0.05) is 30.3 Å². The monoisotopic (exact) mass is 310 g/mol. The summed E-state index contributed by atoms with van der Waals surface area (Å²) in [4.78, 5) is 2.54. The van der Waals surface area contributed by atoms with Crippen LogP contribution in [0.5, 0.6) is 0 Å². The minimum Gasteiger partial charge on any atom is -0.396 e. The van der Waals surface area contributed by atoms with Gasteiger partial charge in [-0.2, -0.15) is 0 Å². The second-order valence-electron chi connectivity index (χ2n) is 5.85. The fraction of sp³-hybridized carbons (Fsp3) is 0.647. The molecule has 21 heavy (non-hydrogen) atoms. The Bertz CT molecular complexity index is 425. The van der Waals surface area contributed by atoms with Crippen molar-refractivity contribution in [3.8, 4) is 0 Å². The maximum Gasteiger partial charge on any atom is 0.0453 e. The molecule has 2 atom stereocenters. The molecule has 3 nitrogen and oxygen atoms in total. The highest BCUT2D eigenvalue weighted by atomic mass is 35.5. The lowest BCUT2D eigenvalue weighted by Gasteiger charge is -2.36. The number of hydrogen-bond acceptors (Lipinski definition) is 3. The molecule has 2 rings (SSSR count). The molecular formula is C17H27ClN2O. The molecule has 2 unspecified atom stereocenters. The summed E-state index contributed by atoms with van der Waals surface area (Å²) in [7, 11) is 2.00. The average Bonchev–Trinajstić information content (AvgIpc) is 2.51. The van der Waals surface area contributed by atoms with Crippen molar-refractivity contribution in [3.63, 3.8) is 0 Å². The standard InChI is InChI=1S/C17H27ClN2O/c1-19-17(15-7-2-3-8-16(15)18)9-12-20-11-5-4-6-14(20)10-13-21/h2-3,7-8,14,17,19,21H,4-6,9-13H2,1H3. The fourth-order valence-corrected chi connectivity index (χ4v) is 3.61. The van der Waals surface area contributed by atoms with E-state index in [0.29, 0.717) is 12.6 Å². The average molecular weight is 311 g/mol. The van der Waals surface area contributed by atoms with Crippen molar-refractivity contribution in [1.82, 2.24) is 10.2 Å². The summed E-state index contributed by atoms with van der Waals surface area (Å²) < 4.78 is 0. The van der Waals surface area contributed by atoms with Gasteiger partial charge in [0.25, 0.3) is 0 Å². The van der Waals surface area contributed by atoms with E-state index in [0.717, 1.165) is 31.0 Å². The number of aliphatic hydroxyl groups is 1. The van der Waals surface area contributed by atoms with Crippen LogP contribution in [0, 0.1) is 0 Å². The van der Waals surface area contributed by atoms with Crippen molar-refractivity contribution in [2.24, 2.45) is 0 Å². The summed E-state index contributed by atoms with van der Waals surface area (Å²) >= 11 is 6.31. The Balaban J connectivity index is 1.94. The molecule has 1 aliphatic rings. The van der Waals surface area contributed by atoms with Crippen LogP contribution >= 0.6 is 11.6 Å². The topological polar surface area (TPSA) is 35.5 Å². The quantitative estimate of drug-likeness (QED) is 0.811. The molecule has 1 heterocycles. The zero-order valence-corrected chi connectivity index (χ0v) is 13.6. The van der Waals surface area contributed by atoms with E-state index in [4.69, 9.17) is 11.6 Å². The molecule has 2 N–H and O–H groups in total. The maximum atomic E-state index is 9.22. The number of halogens is 1. The molecule has 0 bridgehead atoms. The van der Waals surface area contributed by atoms with Crippen molar-refractivity contribution in [2.75, 3.05) is 26.7 Å². The second kappa shape index (κ2) is 8.74. The van der Waals surface area contributed by atoms with Gasteiger partial charge in [-0.15, -0.1) is 0 Å². The molecule has 0 saturated carbocycles. The van der Waals surface area contributed by atoms with Gasteiger partial charge < -0.3 is 15.3 Å². The van der Waals surface area contributed by atoms with Gasteiger partial charge in [-0.25, -0.2) is 0 Å². The predicted molar refractivity (Wildman–Crippen MR) is 88.8 cm³/mol. The highest BCUT2D eigenvalue weighted by Crippen LogP contribution is 2.26. The molecule has 1 aromatic rings. The Hall–Kier alpha value is -0.610.